The van der Waals surface area contributed by atoms with Gasteiger partial charge in [-0.3, -0.25) is 9.62 Å². The molecule has 0 bridgehead atoms. The highest BCUT2D eigenvalue weighted by Gasteiger charge is 2.30. The SMILES string of the molecule is O=C(Nc1cc(N2CCCS2(=O)=O)ccc1O)OCC1c2ccccc2-c2ccccc21. The lowest BCUT2D eigenvalue weighted by Gasteiger charge is -2.19. The number of benzene rings is 3. The summed E-state index contributed by atoms with van der Waals surface area (Å²) in [6, 6.07) is 20.4. The van der Waals surface area contributed by atoms with E-state index in [1.165, 1.54) is 22.5 Å². The first-order valence-electron chi connectivity index (χ1n) is 10.4. The van der Waals surface area contributed by atoms with Crippen molar-refractivity contribution in [1.29, 1.82) is 0 Å². The van der Waals surface area contributed by atoms with Gasteiger partial charge in [0.1, 0.15) is 12.4 Å². The number of nitrogens with one attached hydrogen (secondary N) is 1. The molecule has 3 aromatic rings. The number of ether oxygens (including phenoxy) is 1. The molecule has 0 aromatic heterocycles. The first kappa shape index (κ1) is 20.4. The van der Waals surface area contributed by atoms with Gasteiger partial charge >= 0.3 is 6.09 Å². The minimum Gasteiger partial charge on any atom is -0.506 e. The maximum Gasteiger partial charge on any atom is 0.411 e. The number of carbonyl (C=O) groups excluding carboxylic acids is 1. The molecule has 0 atom stereocenters. The van der Waals surface area contributed by atoms with Gasteiger partial charge in [-0.1, -0.05) is 48.5 Å². The molecular weight excluding hydrogens is 428 g/mol. The van der Waals surface area contributed by atoms with Crippen molar-refractivity contribution in [3.05, 3.63) is 77.9 Å². The van der Waals surface area contributed by atoms with Crippen molar-refractivity contribution in [1.82, 2.24) is 0 Å². The predicted octanol–water partition coefficient (Wildman–Crippen LogP) is 4.29. The van der Waals surface area contributed by atoms with Crippen LogP contribution in [0.25, 0.3) is 11.1 Å². The highest BCUT2D eigenvalue weighted by atomic mass is 32.2. The van der Waals surface area contributed by atoms with Gasteiger partial charge in [-0.25, -0.2) is 13.2 Å². The second-order valence-electron chi connectivity index (χ2n) is 7.89. The number of hydrogen-bond donors (Lipinski definition) is 2. The molecule has 2 N–H and O–H groups in total. The van der Waals surface area contributed by atoms with Gasteiger partial charge < -0.3 is 9.84 Å². The molecule has 0 unspecified atom stereocenters. The Morgan fingerprint density at radius 2 is 1.69 bits per heavy atom. The van der Waals surface area contributed by atoms with Crippen LogP contribution in [-0.2, 0) is 14.8 Å². The summed E-state index contributed by atoms with van der Waals surface area (Å²) in [6.45, 7) is 0.512. The van der Waals surface area contributed by atoms with E-state index in [2.05, 4.69) is 17.4 Å². The van der Waals surface area contributed by atoms with Gasteiger partial charge in [-0.05, 0) is 46.9 Å². The van der Waals surface area contributed by atoms with Gasteiger partial charge in [0.15, 0.2) is 0 Å². The number of carbonyl (C=O) groups is 1. The normalized spacial score (nSPS) is 16.4. The number of amides is 1. The number of fused-ring (bicyclic) bond motifs is 3. The molecule has 164 valence electrons. The molecule has 1 saturated heterocycles. The summed E-state index contributed by atoms with van der Waals surface area (Å²) in [7, 11) is -3.37. The molecule has 5 rings (SSSR count). The van der Waals surface area contributed by atoms with E-state index in [0.717, 1.165) is 22.3 Å². The van der Waals surface area contributed by atoms with Crippen LogP contribution < -0.4 is 9.62 Å². The zero-order valence-electron chi connectivity index (χ0n) is 17.2. The van der Waals surface area contributed by atoms with Crippen LogP contribution >= 0.6 is 0 Å². The van der Waals surface area contributed by atoms with Crippen LogP contribution in [0.15, 0.2) is 66.7 Å². The number of sulfonamides is 1. The van der Waals surface area contributed by atoms with E-state index in [0.29, 0.717) is 18.7 Å². The third kappa shape index (κ3) is 3.56. The molecule has 1 aliphatic carbocycles. The van der Waals surface area contributed by atoms with Crippen LogP contribution in [0.1, 0.15) is 23.5 Å². The van der Waals surface area contributed by atoms with Crippen molar-refractivity contribution < 1.29 is 23.1 Å². The Balaban J connectivity index is 1.32. The lowest BCUT2D eigenvalue weighted by molar-refractivity contribution is 0.158. The molecule has 2 aliphatic rings. The molecule has 3 aromatic carbocycles. The third-order valence-electron chi connectivity index (χ3n) is 5.95. The van der Waals surface area contributed by atoms with Crippen LogP contribution in [0.4, 0.5) is 16.2 Å². The van der Waals surface area contributed by atoms with Gasteiger partial charge in [0.2, 0.25) is 10.0 Å². The molecule has 0 radical (unpaired) electrons. The second kappa shape index (κ2) is 7.87. The molecule has 32 heavy (non-hydrogen) atoms. The largest absolute Gasteiger partial charge is 0.506 e. The summed E-state index contributed by atoms with van der Waals surface area (Å²) in [5, 5.41) is 12.7. The van der Waals surface area contributed by atoms with Crippen molar-refractivity contribution in [3.8, 4) is 16.9 Å². The Morgan fingerprint density at radius 3 is 2.31 bits per heavy atom. The Kier molecular flexibility index (Phi) is 5.01. The molecule has 0 saturated carbocycles. The number of nitrogens with zero attached hydrogens (tertiary/aromatic N) is 1. The predicted molar refractivity (Wildman–Crippen MR) is 123 cm³/mol. The quantitative estimate of drug-likeness (QED) is 0.578. The van der Waals surface area contributed by atoms with Crippen LogP contribution in [-0.4, -0.2) is 38.5 Å². The van der Waals surface area contributed by atoms with Gasteiger partial charge in [-0.2, -0.15) is 0 Å². The molecule has 0 spiro atoms. The summed E-state index contributed by atoms with van der Waals surface area (Å²) in [5.41, 5.74) is 4.97. The smallest absolute Gasteiger partial charge is 0.411 e. The van der Waals surface area contributed by atoms with Gasteiger partial charge in [0, 0.05) is 12.5 Å². The average molecular weight is 451 g/mol. The lowest BCUT2D eigenvalue weighted by atomic mass is 9.98. The third-order valence-corrected chi connectivity index (χ3v) is 7.82. The Labute approximate surface area is 186 Å². The highest BCUT2D eigenvalue weighted by Crippen LogP contribution is 2.44. The van der Waals surface area contributed by atoms with Crippen LogP contribution in [0, 0.1) is 0 Å². The van der Waals surface area contributed by atoms with Crippen molar-refractivity contribution >= 4 is 27.5 Å². The van der Waals surface area contributed by atoms with Gasteiger partial charge in [0.25, 0.3) is 0 Å². The number of hydrogen-bond acceptors (Lipinski definition) is 5. The van der Waals surface area contributed by atoms with Gasteiger partial charge in [0.05, 0.1) is 17.1 Å². The van der Waals surface area contributed by atoms with Crippen LogP contribution in [0.3, 0.4) is 0 Å². The van der Waals surface area contributed by atoms with E-state index in [4.69, 9.17) is 4.74 Å². The van der Waals surface area contributed by atoms with Crippen molar-refractivity contribution in [3.63, 3.8) is 0 Å². The maximum absolute atomic E-state index is 12.5. The fraction of sp³-hybridized carbons (Fsp3) is 0.208. The minimum absolute atomic E-state index is 0.0807. The van der Waals surface area contributed by atoms with Gasteiger partial charge in [-0.15, -0.1) is 0 Å². The topological polar surface area (TPSA) is 95.9 Å². The highest BCUT2D eigenvalue weighted by molar-refractivity contribution is 7.93. The lowest BCUT2D eigenvalue weighted by Crippen LogP contribution is -2.25. The second-order valence-corrected chi connectivity index (χ2v) is 9.91. The molecule has 1 fully saturated rings. The minimum atomic E-state index is -3.37. The number of phenols is 1. The molecule has 1 aliphatic heterocycles. The number of anilines is 2. The number of phenolic OH excluding ortho intramolecular Hbond substituents is 1. The Bertz CT molecular complexity index is 1260. The average Bonchev–Trinajstić information content (AvgIpc) is 3.30. The summed E-state index contributed by atoms with van der Waals surface area (Å²) >= 11 is 0. The number of rotatable bonds is 4. The molecular formula is C24H22N2O5S. The van der Waals surface area contributed by atoms with Crippen molar-refractivity contribution in [2.45, 2.75) is 12.3 Å². The van der Waals surface area contributed by atoms with E-state index in [1.54, 1.807) is 0 Å². The molecule has 1 amide bonds. The standard InChI is InChI=1S/C24H22N2O5S/c27-23-11-10-16(26-12-5-13-32(26,29)30)14-22(23)25-24(28)31-15-21-19-8-3-1-6-17(19)18-7-2-4-9-20(18)21/h1-4,6-11,14,21,27H,5,12-13,15H2,(H,25,28). The van der Waals surface area contributed by atoms with E-state index in [-0.39, 0.29) is 29.7 Å². The molecule has 8 heteroatoms. The van der Waals surface area contributed by atoms with E-state index in [1.807, 2.05) is 36.4 Å². The van der Waals surface area contributed by atoms with Crippen LogP contribution in [0.2, 0.25) is 0 Å². The maximum atomic E-state index is 12.5. The fourth-order valence-electron chi connectivity index (χ4n) is 4.45. The summed E-state index contributed by atoms with van der Waals surface area (Å²) in [5.74, 6) is -0.162. The van der Waals surface area contributed by atoms with Crippen molar-refractivity contribution in [2.24, 2.45) is 0 Å². The molecule has 1 heterocycles. The van der Waals surface area contributed by atoms with E-state index in [9.17, 15) is 18.3 Å². The van der Waals surface area contributed by atoms with Crippen molar-refractivity contribution in [2.75, 3.05) is 28.5 Å². The first-order chi connectivity index (χ1) is 15.4. The monoisotopic (exact) mass is 450 g/mol. The van der Waals surface area contributed by atoms with Crippen LogP contribution in [0.5, 0.6) is 5.75 Å². The zero-order valence-corrected chi connectivity index (χ0v) is 18.0. The fourth-order valence-corrected chi connectivity index (χ4v) is 6.01. The molecule has 7 nitrogen and oxygen atoms in total. The summed E-state index contributed by atoms with van der Waals surface area (Å²) in [6.07, 6.45) is -0.179. The van der Waals surface area contributed by atoms with E-state index >= 15 is 0 Å². The van der Waals surface area contributed by atoms with E-state index < -0.39 is 16.1 Å². The Morgan fingerprint density at radius 1 is 1.03 bits per heavy atom. The zero-order chi connectivity index (χ0) is 22.3. The first-order valence-corrected chi connectivity index (χ1v) is 12.0. The Hall–Kier alpha value is -3.52. The number of aromatic hydroxyl groups is 1. The summed E-state index contributed by atoms with van der Waals surface area (Å²) < 4.78 is 31.2. The summed E-state index contributed by atoms with van der Waals surface area (Å²) in [4.78, 5) is 12.5.